The lowest BCUT2D eigenvalue weighted by Crippen LogP contribution is -2.29. The lowest BCUT2D eigenvalue weighted by atomic mass is 9.65. The van der Waals surface area contributed by atoms with Gasteiger partial charge in [-0.3, -0.25) is 0 Å². The summed E-state index contributed by atoms with van der Waals surface area (Å²) in [6.07, 6.45) is 0. The van der Waals surface area contributed by atoms with E-state index in [2.05, 4.69) is 289 Å². The van der Waals surface area contributed by atoms with Crippen LogP contribution in [0.2, 0.25) is 0 Å². The third-order valence-electron chi connectivity index (χ3n) is 16.4. The summed E-state index contributed by atoms with van der Waals surface area (Å²) in [6.45, 7) is 0. The van der Waals surface area contributed by atoms with Crippen molar-refractivity contribution in [1.29, 1.82) is 0 Å². The second-order valence-corrected chi connectivity index (χ2v) is 20.3. The number of anilines is 6. The van der Waals surface area contributed by atoms with Gasteiger partial charge < -0.3 is 14.2 Å². The zero-order valence-corrected chi connectivity index (χ0v) is 41.4. The lowest BCUT2D eigenvalue weighted by molar-refractivity contribution is 0.668. The summed E-state index contributed by atoms with van der Waals surface area (Å²) in [6, 6.07) is 103. The summed E-state index contributed by atoms with van der Waals surface area (Å²) in [5.74, 6) is 0. The molecule has 12 aromatic carbocycles. The molecule has 0 saturated heterocycles. The minimum atomic E-state index is -0.723. The van der Waals surface area contributed by atoms with Crippen molar-refractivity contribution in [2.75, 3.05) is 9.80 Å². The Kier molecular flexibility index (Phi) is 9.25. The summed E-state index contributed by atoms with van der Waals surface area (Å²) in [5, 5.41) is 2.24. The number of hydrogen-bond acceptors (Lipinski definition) is 3. The van der Waals surface area contributed by atoms with Crippen LogP contribution in [-0.4, -0.2) is 0 Å². The van der Waals surface area contributed by atoms with Gasteiger partial charge in [-0.15, -0.1) is 0 Å². The maximum Gasteiger partial charge on any atom is 0.136 e. The fourth-order valence-electron chi connectivity index (χ4n) is 13.2. The zero-order chi connectivity index (χ0) is 49.9. The molecule has 16 rings (SSSR count). The molecule has 3 aliphatic rings. The van der Waals surface area contributed by atoms with E-state index in [0.29, 0.717) is 0 Å². The molecule has 13 aromatic rings. The molecule has 1 spiro atoms. The predicted molar refractivity (Wildman–Crippen MR) is 315 cm³/mol. The second kappa shape index (κ2) is 16.5. The van der Waals surface area contributed by atoms with Crippen molar-refractivity contribution in [2.45, 2.75) is 5.41 Å². The van der Waals surface area contributed by atoms with E-state index in [4.69, 9.17) is 4.42 Å². The smallest absolute Gasteiger partial charge is 0.136 e. The van der Waals surface area contributed by atoms with E-state index in [9.17, 15) is 0 Å². The Bertz CT molecular complexity index is 4480. The maximum absolute atomic E-state index is 6.68. The topological polar surface area (TPSA) is 19.6 Å². The Morgan fingerprint density at radius 2 is 0.750 bits per heavy atom. The number of fused-ring (bicyclic) bond motifs is 20. The summed E-state index contributed by atoms with van der Waals surface area (Å²) in [4.78, 5) is 4.90. The van der Waals surface area contributed by atoms with Gasteiger partial charge in [-0.2, -0.15) is 0 Å². The van der Waals surface area contributed by atoms with E-state index in [1.807, 2.05) is 0 Å². The van der Waals surface area contributed by atoms with Crippen LogP contribution in [0, 0.1) is 0 Å². The number of hydrogen-bond donors (Lipinski definition) is 0. The van der Waals surface area contributed by atoms with Crippen LogP contribution in [0.15, 0.2) is 283 Å². The molecular formula is C73H46N2O. The molecule has 1 unspecified atom stereocenters. The molecule has 0 N–H and O–H groups in total. The van der Waals surface area contributed by atoms with Crippen molar-refractivity contribution < 1.29 is 4.42 Å². The molecular weight excluding hydrogens is 921 g/mol. The number of nitrogens with zero attached hydrogens (tertiary/aromatic N) is 2. The molecule has 76 heavy (non-hydrogen) atoms. The molecule has 1 aromatic heterocycles. The van der Waals surface area contributed by atoms with E-state index in [1.165, 1.54) is 89.0 Å². The highest BCUT2D eigenvalue weighted by Crippen LogP contribution is 2.63. The van der Waals surface area contributed by atoms with E-state index < -0.39 is 5.41 Å². The third-order valence-corrected chi connectivity index (χ3v) is 16.4. The highest BCUT2D eigenvalue weighted by molar-refractivity contribution is 6.09. The van der Waals surface area contributed by atoms with Crippen LogP contribution in [0.5, 0.6) is 0 Å². The molecule has 0 bridgehead atoms. The molecule has 3 nitrogen and oxygen atoms in total. The van der Waals surface area contributed by atoms with Gasteiger partial charge in [0.05, 0.1) is 16.8 Å². The van der Waals surface area contributed by atoms with Crippen LogP contribution in [-0.2, 0) is 5.41 Å². The Hall–Kier alpha value is -9.96. The van der Waals surface area contributed by atoms with Crippen LogP contribution >= 0.6 is 0 Å². The van der Waals surface area contributed by atoms with E-state index in [0.717, 1.165) is 56.1 Å². The number of rotatable bonds is 5. The first-order chi connectivity index (χ1) is 37.7. The van der Waals surface area contributed by atoms with Crippen molar-refractivity contribution >= 4 is 56.1 Å². The highest BCUT2D eigenvalue weighted by Gasteiger charge is 2.50. The van der Waals surface area contributed by atoms with Crippen LogP contribution in [0.25, 0.3) is 88.7 Å². The first-order valence-corrected chi connectivity index (χ1v) is 26.2. The molecule has 0 saturated carbocycles. The molecule has 0 amide bonds. The van der Waals surface area contributed by atoms with Gasteiger partial charge in [0.15, 0.2) is 0 Å². The summed E-state index contributed by atoms with van der Waals surface area (Å²) in [5.41, 5.74) is 27.1. The fraction of sp³-hybridized carbons (Fsp3) is 0.0137. The van der Waals surface area contributed by atoms with Gasteiger partial charge in [-0.1, -0.05) is 200 Å². The standard InChI is InChI=1S/C73H46N2O/c1-3-19-47(20-4-1)48-35-37-50(38-36-48)74(51-39-41-55-59-27-11-16-32-69(59)75(49-21-5-2-6-22-49)70-33-17-12-28-60(70)62(55)43-51)52-40-42-58-54-24-8-7-23-53(54)56-25-9-14-30-65(56)73(67(58)44-52)66-31-15-10-26-57(66)63-46-72-64(45-68(63)73)61-29-13-18-34-71(61)76-72/h1-46H. The number of benzene rings is 12. The van der Waals surface area contributed by atoms with Crippen molar-refractivity contribution in [2.24, 2.45) is 0 Å². The Morgan fingerprint density at radius 1 is 0.276 bits per heavy atom. The Balaban J connectivity index is 0.989. The predicted octanol–water partition coefficient (Wildman–Crippen LogP) is 19.9. The third kappa shape index (κ3) is 6.11. The molecule has 2 aliphatic carbocycles. The van der Waals surface area contributed by atoms with Crippen molar-refractivity contribution in [1.82, 2.24) is 0 Å². The average molecular weight is 967 g/mol. The van der Waals surface area contributed by atoms with Gasteiger partial charge in [0.1, 0.15) is 11.2 Å². The van der Waals surface area contributed by atoms with Gasteiger partial charge >= 0.3 is 0 Å². The van der Waals surface area contributed by atoms with Gasteiger partial charge in [-0.05, 0) is 157 Å². The zero-order valence-electron chi connectivity index (χ0n) is 41.4. The quantitative estimate of drug-likeness (QED) is 0.171. The van der Waals surface area contributed by atoms with Crippen molar-refractivity contribution in [3.63, 3.8) is 0 Å². The average Bonchev–Trinajstić information content (AvgIpc) is 3.93. The van der Waals surface area contributed by atoms with Crippen LogP contribution in [0.3, 0.4) is 0 Å². The fourth-order valence-corrected chi connectivity index (χ4v) is 13.2. The molecule has 0 radical (unpaired) electrons. The van der Waals surface area contributed by atoms with Crippen LogP contribution < -0.4 is 9.80 Å². The Morgan fingerprint density at radius 3 is 1.45 bits per heavy atom. The minimum Gasteiger partial charge on any atom is -0.456 e. The second-order valence-electron chi connectivity index (χ2n) is 20.3. The first-order valence-electron chi connectivity index (χ1n) is 26.2. The van der Waals surface area contributed by atoms with E-state index in [-0.39, 0.29) is 0 Å². The maximum atomic E-state index is 6.68. The van der Waals surface area contributed by atoms with Gasteiger partial charge in [-0.25, -0.2) is 0 Å². The molecule has 3 heteroatoms. The first kappa shape index (κ1) is 42.5. The monoisotopic (exact) mass is 966 g/mol. The largest absolute Gasteiger partial charge is 0.456 e. The number of para-hydroxylation sites is 4. The van der Waals surface area contributed by atoms with Gasteiger partial charge in [0.25, 0.3) is 0 Å². The molecule has 2 heterocycles. The van der Waals surface area contributed by atoms with Crippen molar-refractivity contribution in [3.05, 3.63) is 301 Å². The lowest BCUT2D eigenvalue weighted by Gasteiger charge is -2.36. The summed E-state index contributed by atoms with van der Waals surface area (Å²) < 4.78 is 6.68. The Labute approximate surface area is 441 Å². The SMILES string of the molecule is c1ccc(-c2ccc(N(c3ccc4c(c3)-c3ccccc3N(c3ccccc3)c3ccccc3-4)c3ccc4c(c3)C3(c5ccccc5-c5ccccc5-4)c4ccccc4-c4cc5oc6ccccc6c5cc43)cc2)cc1. The van der Waals surface area contributed by atoms with Gasteiger partial charge in [0.2, 0.25) is 0 Å². The normalized spacial score (nSPS) is 14.3. The van der Waals surface area contributed by atoms with Gasteiger partial charge in [0, 0.05) is 44.6 Å². The summed E-state index contributed by atoms with van der Waals surface area (Å²) in [7, 11) is 0. The van der Waals surface area contributed by atoms with Crippen molar-refractivity contribution in [3.8, 4) is 66.8 Å². The highest BCUT2D eigenvalue weighted by atomic mass is 16.3. The molecule has 354 valence electrons. The van der Waals surface area contributed by atoms with Crippen LogP contribution in [0.1, 0.15) is 22.3 Å². The van der Waals surface area contributed by atoms with E-state index in [1.54, 1.807) is 0 Å². The molecule has 1 atom stereocenters. The molecule has 1 aliphatic heterocycles. The van der Waals surface area contributed by atoms with Crippen LogP contribution in [0.4, 0.5) is 34.1 Å². The van der Waals surface area contributed by atoms with E-state index >= 15 is 0 Å². The number of furan rings is 1. The summed E-state index contributed by atoms with van der Waals surface area (Å²) >= 11 is 0. The molecule has 0 fully saturated rings. The minimum absolute atomic E-state index is 0.723.